The number of amides is 1. The number of rotatable bonds is 4. The summed E-state index contributed by atoms with van der Waals surface area (Å²) in [6.07, 6.45) is 7.21. The van der Waals surface area contributed by atoms with Gasteiger partial charge >= 0.3 is 0 Å². The standard InChI is InChI=1S/C20H28N2O3/c1-14-6-4-9-16(21-14)20(23)22-12-18(19-17(22)10-5-11-24-19)25-13-15-7-2-3-8-15/h4,6,9,15,17-19H,2-3,5,7-8,10-13H2,1H3/t17-,18+,19+/m1/s1. The average Bonchev–Trinajstić information content (AvgIpc) is 3.27. The minimum Gasteiger partial charge on any atom is -0.373 e. The zero-order valence-corrected chi connectivity index (χ0v) is 15.0. The van der Waals surface area contributed by atoms with Crippen LogP contribution in [0.15, 0.2) is 18.2 Å². The van der Waals surface area contributed by atoms with Crippen molar-refractivity contribution in [2.45, 2.75) is 63.7 Å². The lowest BCUT2D eigenvalue weighted by atomic mass is 10.0. The van der Waals surface area contributed by atoms with E-state index in [1.54, 1.807) is 6.07 Å². The van der Waals surface area contributed by atoms with Crippen LogP contribution in [0.25, 0.3) is 0 Å². The molecule has 1 aliphatic carbocycles. The van der Waals surface area contributed by atoms with Crippen molar-refractivity contribution in [2.24, 2.45) is 5.92 Å². The second-order valence-electron chi connectivity index (χ2n) is 7.69. The summed E-state index contributed by atoms with van der Waals surface area (Å²) in [4.78, 5) is 19.4. The zero-order chi connectivity index (χ0) is 17.2. The molecule has 3 atom stereocenters. The average molecular weight is 344 g/mol. The van der Waals surface area contributed by atoms with Crippen molar-refractivity contribution in [2.75, 3.05) is 19.8 Å². The molecule has 0 spiro atoms. The third kappa shape index (κ3) is 3.58. The fourth-order valence-corrected chi connectivity index (χ4v) is 4.54. The summed E-state index contributed by atoms with van der Waals surface area (Å²) < 4.78 is 12.3. The molecule has 0 bridgehead atoms. The van der Waals surface area contributed by atoms with E-state index in [2.05, 4.69) is 4.98 Å². The maximum Gasteiger partial charge on any atom is 0.272 e. The number of carbonyl (C=O) groups is 1. The molecule has 5 heteroatoms. The predicted molar refractivity (Wildman–Crippen MR) is 94.5 cm³/mol. The number of fused-ring (bicyclic) bond motifs is 1. The van der Waals surface area contributed by atoms with Crippen LogP contribution in [0.2, 0.25) is 0 Å². The van der Waals surface area contributed by atoms with Gasteiger partial charge in [-0.2, -0.15) is 0 Å². The van der Waals surface area contributed by atoms with E-state index < -0.39 is 0 Å². The van der Waals surface area contributed by atoms with E-state index in [1.165, 1.54) is 25.7 Å². The first-order valence-corrected chi connectivity index (χ1v) is 9.70. The highest BCUT2D eigenvalue weighted by molar-refractivity contribution is 5.93. The van der Waals surface area contributed by atoms with Crippen LogP contribution in [0.5, 0.6) is 0 Å². The largest absolute Gasteiger partial charge is 0.373 e. The molecule has 1 aromatic rings. The van der Waals surface area contributed by atoms with Crippen LogP contribution < -0.4 is 0 Å². The number of nitrogens with zero attached hydrogens (tertiary/aromatic N) is 2. The summed E-state index contributed by atoms with van der Waals surface area (Å²) in [7, 11) is 0. The SMILES string of the molecule is Cc1cccc(C(=O)N2C[C@H](OCC3CCCC3)[C@H]3OCCC[C@H]32)n1. The van der Waals surface area contributed by atoms with Crippen molar-refractivity contribution in [3.05, 3.63) is 29.6 Å². The summed E-state index contributed by atoms with van der Waals surface area (Å²) in [5.74, 6) is 0.696. The summed E-state index contributed by atoms with van der Waals surface area (Å²) >= 11 is 0. The molecule has 3 aliphatic rings. The first kappa shape index (κ1) is 17.0. The topological polar surface area (TPSA) is 51.7 Å². The lowest BCUT2D eigenvalue weighted by Gasteiger charge is -2.32. The summed E-state index contributed by atoms with van der Waals surface area (Å²) in [5.41, 5.74) is 1.40. The molecule has 25 heavy (non-hydrogen) atoms. The van der Waals surface area contributed by atoms with Gasteiger partial charge in [-0.05, 0) is 50.7 Å². The highest BCUT2D eigenvalue weighted by atomic mass is 16.5. The Morgan fingerprint density at radius 1 is 1.28 bits per heavy atom. The van der Waals surface area contributed by atoms with Gasteiger partial charge in [0.05, 0.1) is 12.6 Å². The van der Waals surface area contributed by atoms with Crippen LogP contribution in [-0.2, 0) is 9.47 Å². The third-order valence-corrected chi connectivity index (χ3v) is 5.87. The van der Waals surface area contributed by atoms with E-state index in [0.717, 1.165) is 31.7 Å². The molecule has 136 valence electrons. The Kier molecular flexibility index (Phi) is 5.04. The first-order chi connectivity index (χ1) is 12.2. The highest BCUT2D eigenvalue weighted by Gasteiger charge is 2.47. The highest BCUT2D eigenvalue weighted by Crippen LogP contribution is 2.33. The molecule has 2 saturated heterocycles. The van der Waals surface area contributed by atoms with Gasteiger partial charge in [0.25, 0.3) is 5.91 Å². The van der Waals surface area contributed by atoms with Crippen LogP contribution in [0, 0.1) is 12.8 Å². The maximum absolute atomic E-state index is 13.0. The molecular weight excluding hydrogens is 316 g/mol. The van der Waals surface area contributed by atoms with Crippen LogP contribution >= 0.6 is 0 Å². The predicted octanol–water partition coefficient (Wildman–Crippen LogP) is 2.97. The van der Waals surface area contributed by atoms with E-state index in [1.807, 2.05) is 24.0 Å². The molecule has 1 aromatic heterocycles. The summed E-state index contributed by atoms with van der Waals surface area (Å²) in [6, 6.07) is 5.74. The van der Waals surface area contributed by atoms with Crippen molar-refractivity contribution in [1.29, 1.82) is 0 Å². The fourth-order valence-electron chi connectivity index (χ4n) is 4.54. The minimum atomic E-state index is -0.000316. The quantitative estimate of drug-likeness (QED) is 0.843. The van der Waals surface area contributed by atoms with E-state index in [4.69, 9.17) is 9.47 Å². The molecule has 0 radical (unpaired) electrons. The number of carbonyl (C=O) groups excluding carboxylic acids is 1. The van der Waals surface area contributed by atoms with Crippen molar-refractivity contribution in [3.63, 3.8) is 0 Å². The normalized spacial score (nSPS) is 29.8. The van der Waals surface area contributed by atoms with Crippen LogP contribution in [0.4, 0.5) is 0 Å². The summed E-state index contributed by atoms with van der Waals surface area (Å²) in [5, 5.41) is 0. The lowest BCUT2D eigenvalue weighted by molar-refractivity contribution is -0.0821. The maximum atomic E-state index is 13.0. The lowest BCUT2D eigenvalue weighted by Crippen LogP contribution is -2.44. The molecule has 3 fully saturated rings. The molecule has 1 amide bonds. The number of aromatic nitrogens is 1. The Balaban J connectivity index is 1.47. The molecule has 4 rings (SSSR count). The third-order valence-electron chi connectivity index (χ3n) is 5.87. The van der Waals surface area contributed by atoms with Gasteiger partial charge < -0.3 is 14.4 Å². The second kappa shape index (κ2) is 7.42. The van der Waals surface area contributed by atoms with Crippen LogP contribution in [0.3, 0.4) is 0 Å². The van der Waals surface area contributed by atoms with Gasteiger partial charge in [0.15, 0.2) is 0 Å². The van der Waals surface area contributed by atoms with E-state index in [0.29, 0.717) is 18.2 Å². The molecule has 0 N–H and O–H groups in total. The molecule has 3 heterocycles. The zero-order valence-electron chi connectivity index (χ0n) is 15.0. The Bertz CT molecular complexity index is 615. The number of hydrogen-bond acceptors (Lipinski definition) is 4. The molecular formula is C20H28N2O3. The van der Waals surface area contributed by atoms with Gasteiger partial charge in [0.1, 0.15) is 17.9 Å². The number of pyridine rings is 1. The van der Waals surface area contributed by atoms with Crippen molar-refractivity contribution >= 4 is 5.91 Å². The van der Waals surface area contributed by atoms with Gasteiger partial charge in [0.2, 0.25) is 0 Å². The van der Waals surface area contributed by atoms with Gasteiger partial charge in [-0.25, -0.2) is 4.98 Å². The van der Waals surface area contributed by atoms with E-state index >= 15 is 0 Å². The van der Waals surface area contributed by atoms with Gasteiger partial charge in [-0.1, -0.05) is 18.9 Å². The molecule has 1 saturated carbocycles. The van der Waals surface area contributed by atoms with Crippen molar-refractivity contribution in [1.82, 2.24) is 9.88 Å². The smallest absolute Gasteiger partial charge is 0.272 e. The molecule has 5 nitrogen and oxygen atoms in total. The monoisotopic (exact) mass is 344 g/mol. The second-order valence-corrected chi connectivity index (χ2v) is 7.69. The first-order valence-electron chi connectivity index (χ1n) is 9.70. The van der Waals surface area contributed by atoms with Crippen molar-refractivity contribution in [3.8, 4) is 0 Å². The molecule has 2 aliphatic heterocycles. The van der Waals surface area contributed by atoms with Crippen molar-refractivity contribution < 1.29 is 14.3 Å². The molecule has 0 unspecified atom stereocenters. The van der Waals surface area contributed by atoms with Gasteiger partial charge in [-0.3, -0.25) is 4.79 Å². The number of ether oxygens (including phenoxy) is 2. The number of likely N-dealkylation sites (tertiary alicyclic amines) is 1. The number of aryl methyl sites for hydroxylation is 1. The van der Waals surface area contributed by atoms with Crippen LogP contribution in [-0.4, -0.2) is 53.8 Å². The minimum absolute atomic E-state index is 0.000316. The van der Waals surface area contributed by atoms with Gasteiger partial charge in [0, 0.05) is 18.9 Å². The molecule has 0 aromatic carbocycles. The fraction of sp³-hybridized carbons (Fsp3) is 0.700. The van der Waals surface area contributed by atoms with E-state index in [9.17, 15) is 4.79 Å². The van der Waals surface area contributed by atoms with Crippen LogP contribution in [0.1, 0.15) is 54.7 Å². The van der Waals surface area contributed by atoms with E-state index in [-0.39, 0.29) is 24.2 Å². The Morgan fingerprint density at radius 2 is 2.12 bits per heavy atom. The van der Waals surface area contributed by atoms with Gasteiger partial charge in [-0.15, -0.1) is 0 Å². The Morgan fingerprint density at radius 3 is 2.92 bits per heavy atom. The Labute approximate surface area is 149 Å². The summed E-state index contributed by atoms with van der Waals surface area (Å²) in [6.45, 7) is 4.12. The number of hydrogen-bond donors (Lipinski definition) is 0. The Hall–Kier alpha value is -1.46.